The Hall–Kier alpha value is -1.11. The van der Waals surface area contributed by atoms with Crippen molar-refractivity contribution >= 4 is 17.7 Å². The highest BCUT2D eigenvalue weighted by molar-refractivity contribution is 7.99. The van der Waals surface area contributed by atoms with Crippen LogP contribution < -0.4 is 0 Å². The highest BCUT2D eigenvalue weighted by Gasteiger charge is 2.46. The molecule has 3 rings (SSSR count). The number of rotatable bonds is 3. The molecule has 0 amide bonds. The Morgan fingerprint density at radius 2 is 2.39 bits per heavy atom. The lowest BCUT2D eigenvalue weighted by Gasteiger charge is -2.30. The van der Waals surface area contributed by atoms with Gasteiger partial charge in [-0.3, -0.25) is 0 Å². The first-order valence-corrected chi connectivity index (χ1v) is 7.40. The molecule has 3 unspecified atom stereocenters. The molecule has 1 saturated heterocycles. The molecule has 0 spiro atoms. The first-order chi connectivity index (χ1) is 8.63. The van der Waals surface area contributed by atoms with Gasteiger partial charge in [-0.2, -0.15) is 11.8 Å². The second-order valence-electron chi connectivity index (χ2n) is 5.25. The molecule has 2 fully saturated rings. The van der Waals surface area contributed by atoms with Gasteiger partial charge in [-0.25, -0.2) is 4.79 Å². The Balaban J connectivity index is 1.90. The smallest absolute Gasteiger partial charge is 0.334 e. The summed E-state index contributed by atoms with van der Waals surface area (Å²) in [6, 6.07) is 0. The molecule has 1 aromatic heterocycles. The van der Waals surface area contributed by atoms with Crippen LogP contribution in [-0.2, 0) is 10.3 Å². The third-order valence-corrected chi connectivity index (χ3v) is 5.13. The Bertz CT molecular complexity index is 469. The molecule has 0 radical (unpaired) electrons. The molecular weight excluding hydrogens is 252 g/mol. The highest BCUT2D eigenvalue weighted by atomic mass is 32.2. The molecule has 2 heterocycles. The predicted molar refractivity (Wildman–Crippen MR) is 66.5 cm³/mol. The topological polar surface area (TPSA) is 80.9 Å². The molecule has 18 heavy (non-hydrogen) atoms. The quantitative estimate of drug-likeness (QED) is 0.884. The molecule has 3 atom stereocenters. The van der Waals surface area contributed by atoms with Crippen molar-refractivity contribution in [2.45, 2.75) is 37.6 Å². The number of thioether (sulfide) groups is 1. The minimum atomic E-state index is -0.994. The number of carboxylic acids is 1. The van der Waals surface area contributed by atoms with Gasteiger partial charge in [-0.15, -0.1) is 15.0 Å². The van der Waals surface area contributed by atoms with Gasteiger partial charge in [-0.1, -0.05) is 6.92 Å². The Labute approximate surface area is 109 Å². The third kappa shape index (κ3) is 1.81. The summed E-state index contributed by atoms with van der Waals surface area (Å²) in [5, 5.41) is 21.9. The van der Waals surface area contributed by atoms with Gasteiger partial charge in [0, 0.05) is 11.7 Å². The van der Waals surface area contributed by atoms with Crippen LogP contribution in [0, 0.1) is 5.92 Å². The van der Waals surface area contributed by atoms with E-state index >= 15 is 0 Å². The normalized spacial score (nSPS) is 35.4. The molecular formula is C11H16N4O2S. The zero-order valence-corrected chi connectivity index (χ0v) is 11.1. The van der Waals surface area contributed by atoms with Crippen molar-refractivity contribution in [2.75, 3.05) is 11.5 Å². The molecule has 1 aromatic rings. The van der Waals surface area contributed by atoms with E-state index in [4.69, 9.17) is 0 Å². The van der Waals surface area contributed by atoms with E-state index in [-0.39, 0.29) is 0 Å². The first kappa shape index (κ1) is 12.0. The van der Waals surface area contributed by atoms with E-state index in [0.717, 1.165) is 18.6 Å². The molecule has 2 aliphatic rings. The Morgan fingerprint density at radius 3 is 2.94 bits per heavy atom. The van der Waals surface area contributed by atoms with Crippen molar-refractivity contribution in [3.05, 3.63) is 5.82 Å². The summed E-state index contributed by atoms with van der Waals surface area (Å²) < 4.78 is 0. The summed E-state index contributed by atoms with van der Waals surface area (Å²) in [6.07, 6.45) is 2.56. The summed E-state index contributed by atoms with van der Waals surface area (Å²) in [5.41, 5.74) is -0.994. The zero-order valence-electron chi connectivity index (χ0n) is 10.2. The number of carboxylic acid groups (broad SMARTS) is 1. The second kappa shape index (κ2) is 4.22. The number of aromatic nitrogens is 4. The van der Waals surface area contributed by atoms with Crippen LogP contribution in [0.2, 0.25) is 0 Å². The van der Waals surface area contributed by atoms with E-state index < -0.39 is 11.5 Å². The highest BCUT2D eigenvalue weighted by Crippen LogP contribution is 2.45. The van der Waals surface area contributed by atoms with E-state index in [1.165, 1.54) is 4.80 Å². The van der Waals surface area contributed by atoms with Crippen LogP contribution in [0.25, 0.3) is 0 Å². The number of aliphatic carboxylic acids is 1. The number of nitrogens with zero attached hydrogens (tertiary/aromatic N) is 4. The van der Waals surface area contributed by atoms with Gasteiger partial charge in [0.15, 0.2) is 11.4 Å². The van der Waals surface area contributed by atoms with Crippen molar-refractivity contribution in [2.24, 2.45) is 5.92 Å². The standard InChI is InChI=1S/C11H16N4O2S/c1-7-5-8(7)9-12-14-15(13-9)11(10(16)17)3-2-4-18-6-11/h7-8H,2-6H2,1H3,(H,16,17). The van der Waals surface area contributed by atoms with Crippen molar-refractivity contribution in [1.82, 2.24) is 20.2 Å². The molecule has 1 saturated carbocycles. The van der Waals surface area contributed by atoms with E-state index in [2.05, 4.69) is 22.3 Å². The molecule has 1 N–H and O–H groups in total. The van der Waals surface area contributed by atoms with Gasteiger partial charge < -0.3 is 5.11 Å². The molecule has 98 valence electrons. The van der Waals surface area contributed by atoms with Gasteiger partial charge in [0.25, 0.3) is 0 Å². The predicted octanol–water partition coefficient (Wildman–Crippen LogP) is 1.10. The van der Waals surface area contributed by atoms with Crippen molar-refractivity contribution in [3.8, 4) is 0 Å². The summed E-state index contributed by atoms with van der Waals surface area (Å²) in [5.74, 6) is 2.38. The van der Waals surface area contributed by atoms with Crippen LogP contribution in [0.3, 0.4) is 0 Å². The van der Waals surface area contributed by atoms with Crippen molar-refractivity contribution in [1.29, 1.82) is 0 Å². The van der Waals surface area contributed by atoms with Gasteiger partial charge in [0.1, 0.15) is 0 Å². The van der Waals surface area contributed by atoms with Gasteiger partial charge in [0.2, 0.25) is 0 Å². The van der Waals surface area contributed by atoms with E-state index in [9.17, 15) is 9.90 Å². The number of hydrogen-bond acceptors (Lipinski definition) is 5. The van der Waals surface area contributed by atoms with Crippen molar-refractivity contribution < 1.29 is 9.90 Å². The lowest BCUT2D eigenvalue weighted by Crippen LogP contribution is -2.47. The lowest BCUT2D eigenvalue weighted by molar-refractivity contribution is -0.148. The monoisotopic (exact) mass is 268 g/mol. The fourth-order valence-electron chi connectivity index (χ4n) is 2.43. The molecule has 6 nitrogen and oxygen atoms in total. The van der Waals surface area contributed by atoms with E-state index in [1.54, 1.807) is 11.8 Å². The van der Waals surface area contributed by atoms with Crippen LogP contribution in [0.4, 0.5) is 0 Å². The van der Waals surface area contributed by atoms with Crippen LogP contribution in [0.1, 0.15) is 37.9 Å². The molecule has 0 aromatic carbocycles. The summed E-state index contributed by atoms with van der Waals surface area (Å²) in [4.78, 5) is 12.9. The molecule has 1 aliphatic carbocycles. The average Bonchev–Trinajstić information content (AvgIpc) is 2.92. The average molecular weight is 268 g/mol. The number of tetrazole rings is 1. The summed E-state index contributed by atoms with van der Waals surface area (Å²) >= 11 is 1.65. The van der Waals surface area contributed by atoms with E-state index in [1.807, 2.05) is 0 Å². The maximum absolute atomic E-state index is 11.6. The van der Waals surface area contributed by atoms with Gasteiger partial charge >= 0.3 is 5.97 Å². The maximum Gasteiger partial charge on any atom is 0.334 e. The molecule has 7 heteroatoms. The lowest BCUT2D eigenvalue weighted by atomic mass is 9.96. The van der Waals surface area contributed by atoms with Crippen molar-refractivity contribution in [3.63, 3.8) is 0 Å². The SMILES string of the molecule is CC1CC1c1nnn(C2(C(=O)O)CCCSC2)n1. The second-order valence-corrected chi connectivity index (χ2v) is 6.35. The molecule has 0 bridgehead atoms. The number of hydrogen-bond donors (Lipinski definition) is 1. The summed E-state index contributed by atoms with van der Waals surface area (Å²) in [7, 11) is 0. The Morgan fingerprint density at radius 1 is 1.61 bits per heavy atom. The number of carbonyl (C=O) groups is 1. The van der Waals surface area contributed by atoms with Crippen LogP contribution in [0.5, 0.6) is 0 Å². The summed E-state index contributed by atoms with van der Waals surface area (Å²) in [6.45, 7) is 2.15. The Kier molecular flexibility index (Phi) is 2.80. The fraction of sp³-hybridized carbons (Fsp3) is 0.818. The fourth-order valence-corrected chi connectivity index (χ4v) is 3.64. The molecule has 1 aliphatic heterocycles. The minimum absolute atomic E-state index is 0.376. The first-order valence-electron chi connectivity index (χ1n) is 6.25. The van der Waals surface area contributed by atoms with Crippen LogP contribution in [0.15, 0.2) is 0 Å². The van der Waals surface area contributed by atoms with Gasteiger partial charge in [-0.05, 0) is 36.1 Å². The minimum Gasteiger partial charge on any atom is -0.479 e. The maximum atomic E-state index is 11.6. The van der Waals surface area contributed by atoms with E-state index in [0.29, 0.717) is 29.8 Å². The third-order valence-electron chi connectivity index (χ3n) is 3.87. The zero-order chi connectivity index (χ0) is 12.8. The van der Waals surface area contributed by atoms with Crippen LogP contribution in [-0.4, -0.2) is 42.8 Å². The van der Waals surface area contributed by atoms with Crippen LogP contribution >= 0.6 is 11.8 Å². The largest absolute Gasteiger partial charge is 0.479 e. The van der Waals surface area contributed by atoms with Gasteiger partial charge in [0.05, 0.1) is 0 Å².